The van der Waals surface area contributed by atoms with Crippen molar-refractivity contribution in [3.63, 3.8) is 0 Å². The molecule has 0 aromatic heterocycles. The van der Waals surface area contributed by atoms with E-state index in [0.717, 1.165) is 13.0 Å². The van der Waals surface area contributed by atoms with Gasteiger partial charge in [0.2, 0.25) is 0 Å². The zero-order valence-corrected chi connectivity index (χ0v) is 12.2. The lowest BCUT2D eigenvalue weighted by molar-refractivity contribution is -0.354. The van der Waals surface area contributed by atoms with Gasteiger partial charge in [-0.2, -0.15) is 17.6 Å². The number of carbonyl (C=O) groups is 2. The van der Waals surface area contributed by atoms with Crippen molar-refractivity contribution < 1.29 is 45.8 Å². The molecule has 0 aromatic carbocycles. The van der Waals surface area contributed by atoms with E-state index in [4.69, 9.17) is 0 Å². The number of carbonyl (C=O) groups excluding carboxylic acids is 2. The Bertz CT molecular complexity index is 539. The third-order valence-electron chi connectivity index (χ3n) is 3.82. The fraction of sp³-hybridized carbons (Fsp3) is 0.692. The predicted octanol–water partition coefficient (Wildman–Crippen LogP) is 1.99. The number of alkyl halides is 6. The van der Waals surface area contributed by atoms with Gasteiger partial charge in [0.05, 0.1) is 0 Å². The van der Waals surface area contributed by atoms with Gasteiger partial charge in [-0.25, -0.2) is 13.6 Å². The molecule has 0 spiro atoms. The first-order valence-electron chi connectivity index (χ1n) is 6.32. The summed E-state index contributed by atoms with van der Waals surface area (Å²) in [4.78, 5) is 22.3. The van der Waals surface area contributed by atoms with Gasteiger partial charge >= 0.3 is 24.4 Å². The fourth-order valence-corrected chi connectivity index (χ4v) is 2.22. The molecule has 0 aliphatic heterocycles. The van der Waals surface area contributed by atoms with Crippen LogP contribution in [0, 0.1) is 17.3 Å². The molecule has 3 unspecified atom stereocenters. The Morgan fingerprint density at radius 2 is 1.70 bits per heavy atom. The number of aliphatic carboxylic acids is 1. The zero-order chi connectivity index (χ0) is 18.4. The van der Waals surface area contributed by atoms with Gasteiger partial charge in [0.25, 0.3) is 0 Å². The van der Waals surface area contributed by atoms with Crippen LogP contribution in [0.5, 0.6) is 0 Å². The van der Waals surface area contributed by atoms with E-state index in [-0.39, 0.29) is 0 Å². The van der Waals surface area contributed by atoms with Crippen molar-refractivity contribution in [3.8, 4) is 0 Å². The average molecular weight is 347 g/mol. The number of hydrogen-bond donors (Lipinski definition) is 0. The van der Waals surface area contributed by atoms with E-state index in [9.17, 15) is 41.0 Å². The molecule has 23 heavy (non-hydrogen) atoms. The van der Waals surface area contributed by atoms with Gasteiger partial charge < -0.3 is 14.6 Å². The normalized spacial score (nSPS) is 26.6. The Balaban J connectivity index is 2.94. The molecule has 0 bridgehead atoms. The number of hydrogen-bond acceptors (Lipinski definition) is 4. The first kappa shape index (κ1) is 19.3. The van der Waals surface area contributed by atoms with Gasteiger partial charge in [-0.05, 0) is 18.3 Å². The largest absolute Gasteiger partial charge is 0.550 e. The van der Waals surface area contributed by atoms with Crippen LogP contribution in [0.2, 0.25) is 0 Å². The lowest BCUT2D eigenvalue weighted by atomic mass is 10.1. The van der Waals surface area contributed by atoms with E-state index in [2.05, 4.69) is 4.74 Å². The van der Waals surface area contributed by atoms with Gasteiger partial charge in [0.15, 0.2) is 0 Å². The van der Waals surface area contributed by atoms with Crippen molar-refractivity contribution in [1.29, 1.82) is 0 Å². The van der Waals surface area contributed by atoms with E-state index in [1.165, 1.54) is 13.8 Å². The second-order valence-corrected chi connectivity index (χ2v) is 5.83. The lowest BCUT2D eigenvalue weighted by Gasteiger charge is -2.26. The molecule has 3 atom stereocenters. The van der Waals surface area contributed by atoms with Gasteiger partial charge in [-0.3, -0.25) is 0 Å². The van der Waals surface area contributed by atoms with Crippen molar-refractivity contribution in [1.82, 2.24) is 0 Å². The maximum absolute atomic E-state index is 13.3. The van der Waals surface area contributed by atoms with E-state index >= 15 is 0 Å². The van der Waals surface area contributed by atoms with Crippen molar-refractivity contribution in [2.24, 2.45) is 17.3 Å². The second kappa shape index (κ2) is 5.72. The number of carboxylic acid groups (broad SMARTS) is 1. The quantitative estimate of drug-likeness (QED) is 0.433. The molecule has 1 aliphatic rings. The van der Waals surface area contributed by atoms with Crippen LogP contribution >= 0.6 is 0 Å². The highest BCUT2D eigenvalue weighted by Gasteiger charge is 2.67. The minimum absolute atomic E-state index is 0.612. The first-order chi connectivity index (χ1) is 10.2. The highest BCUT2D eigenvalue weighted by molar-refractivity contribution is 5.88. The summed E-state index contributed by atoms with van der Waals surface area (Å²) in [6.45, 7) is 3.91. The number of halogens is 6. The Labute approximate surface area is 127 Å². The van der Waals surface area contributed by atoms with E-state index in [0.29, 0.717) is 0 Å². The Hall–Kier alpha value is -1.74. The van der Waals surface area contributed by atoms with Crippen LogP contribution in [0.15, 0.2) is 11.6 Å². The molecular weight excluding hydrogens is 334 g/mol. The van der Waals surface area contributed by atoms with Crippen molar-refractivity contribution >= 4 is 11.9 Å². The van der Waals surface area contributed by atoms with Crippen LogP contribution in [0.4, 0.5) is 26.3 Å². The molecular formula is C13H13F6O4-. The van der Waals surface area contributed by atoms with Crippen LogP contribution in [-0.4, -0.2) is 30.4 Å². The maximum Gasteiger partial charge on any atom is 0.466 e. The smallest absolute Gasteiger partial charge is 0.466 e. The van der Waals surface area contributed by atoms with Gasteiger partial charge in [0, 0.05) is 17.5 Å². The number of carboxylic acids is 1. The number of allylic oxidation sites excluding steroid dienone is 1. The molecule has 4 nitrogen and oxygen atoms in total. The van der Waals surface area contributed by atoms with Crippen LogP contribution in [-0.2, 0) is 14.3 Å². The Kier molecular flexibility index (Phi) is 4.80. The van der Waals surface area contributed by atoms with Crippen LogP contribution < -0.4 is 5.11 Å². The summed E-state index contributed by atoms with van der Waals surface area (Å²) in [6.07, 6.45) is -9.80. The molecule has 1 fully saturated rings. The predicted molar refractivity (Wildman–Crippen MR) is 61.5 cm³/mol. The third-order valence-corrected chi connectivity index (χ3v) is 3.82. The van der Waals surface area contributed by atoms with Crippen LogP contribution in [0.3, 0.4) is 0 Å². The van der Waals surface area contributed by atoms with E-state index < -0.39 is 53.2 Å². The van der Waals surface area contributed by atoms with Crippen LogP contribution in [0.1, 0.15) is 20.8 Å². The first-order valence-corrected chi connectivity index (χ1v) is 6.32. The molecule has 0 saturated heterocycles. The lowest BCUT2D eigenvalue weighted by Crippen LogP contribution is -2.51. The average Bonchev–Trinajstić information content (AvgIpc) is 2.88. The minimum Gasteiger partial charge on any atom is -0.550 e. The van der Waals surface area contributed by atoms with Crippen molar-refractivity contribution in [2.45, 2.75) is 39.2 Å². The molecule has 0 N–H and O–H groups in total. The molecule has 1 rings (SSSR count). The summed E-state index contributed by atoms with van der Waals surface area (Å²) in [6, 6.07) is 0. The summed E-state index contributed by atoms with van der Waals surface area (Å²) in [5, 5.41) is 10.8. The molecule has 0 aromatic rings. The topological polar surface area (TPSA) is 66.4 Å². The fourth-order valence-electron chi connectivity index (χ4n) is 2.22. The molecule has 132 valence electrons. The molecule has 0 heterocycles. The molecule has 0 amide bonds. The second-order valence-electron chi connectivity index (χ2n) is 5.83. The van der Waals surface area contributed by atoms with Gasteiger partial charge in [-0.15, -0.1) is 0 Å². The van der Waals surface area contributed by atoms with Gasteiger partial charge in [-0.1, -0.05) is 19.9 Å². The summed E-state index contributed by atoms with van der Waals surface area (Å²) in [7, 11) is 0. The zero-order valence-electron chi connectivity index (χ0n) is 12.2. The minimum atomic E-state index is -6.12. The van der Waals surface area contributed by atoms with Crippen molar-refractivity contribution in [2.75, 3.05) is 0 Å². The standard InChI is InChI=1S/C13H14F6O4/c1-5(4-6-7(8(20)21)11(6,2)3)9(22)23-12(16,10(14)15)13(17,18)19/h4,6-7,10H,1-3H3,(H,20,21)/p-1/b5-4+. The molecule has 1 saturated carbocycles. The summed E-state index contributed by atoms with van der Waals surface area (Å²) >= 11 is 0. The molecule has 10 heteroatoms. The number of rotatable bonds is 5. The van der Waals surface area contributed by atoms with Crippen molar-refractivity contribution in [3.05, 3.63) is 11.6 Å². The Morgan fingerprint density at radius 3 is 2.00 bits per heavy atom. The molecule has 0 radical (unpaired) electrons. The van der Waals surface area contributed by atoms with E-state index in [1.54, 1.807) is 0 Å². The van der Waals surface area contributed by atoms with Crippen LogP contribution in [0.25, 0.3) is 0 Å². The summed E-state index contributed by atoms with van der Waals surface area (Å²) < 4.78 is 78.1. The summed E-state index contributed by atoms with van der Waals surface area (Å²) in [5.41, 5.74) is -1.45. The van der Waals surface area contributed by atoms with Gasteiger partial charge in [0.1, 0.15) is 0 Å². The Morgan fingerprint density at radius 1 is 1.22 bits per heavy atom. The maximum atomic E-state index is 13.3. The summed E-state index contributed by atoms with van der Waals surface area (Å²) in [5.74, 6) is -10.6. The number of esters is 1. The SMILES string of the molecule is C/C(=C\C1C(C(=O)[O-])C1(C)C)C(=O)OC(F)(C(F)F)C(F)(F)F. The monoisotopic (exact) mass is 347 g/mol. The highest BCUT2D eigenvalue weighted by atomic mass is 19.4. The molecule has 1 aliphatic carbocycles. The number of ether oxygens (including phenoxy) is 1. The van der Waals surface area contributed by atoms with E-state index in [1.807, 2.05) is 0 Å². The third kappa shape index (κ3) is 3.45. The highest BCUT2D eigenvalue weighted by Crippen LogP contribution is 2.59.